The van der Waals surface area contributed by atoms with Crippen LogP contribution in [-0.4, -0.2) is 43.4 Å². The van der Waals surface area contributed by atoms with E-state index in [9.17, 15) is 9.59 Å². The molecule has 7 heteroatoms. The maximum Gasteiger partial charge on any atom is 0.281 e. The van der Waals surface area contributed by atoms with Gasteiger partial charge in [-0.15, -0.1) is 0 Å². The van der Waals surface area contributed by atoms with Crippen LogP contribution >= 0.6 is 0 Å². The van der Waals surface area contributed by atoms with Crippen LogP contribution in [0, 0.1) is 11.8 Å². The van der Waals surface area contributed by atoms with Crippen molar-refractivity contribution in [3.05, 3.63) is 29.1 Å². The van der Waals surface area contributed by atoms with Gasteiger partial charge in [0.05, 0.1) is 0 Å². The molecule has 0 radical (unpaired) electrons. The van der Waals surface area contributed by atoms with Gasteiger partial charge >= 0.3 is 0 Å². The molecule has 3 heterocycles. The topological polar surface area (TPSA) is 81.0 Å². The quantitative estimate of drug-likeness (QED) is 0.838. The summed E-state index contributed by atoms with van der Waals surface area (Å²) in [6.45, 7) is 2.23. The fourth-order valence-electron chi connectivity index (χ4n) is 3.22. The first-order valence-corrected chi connectivity index (χ1v) is 8.17. The molecule has 0 atom stereocenters. The summed E-state index contributed by atoms with van der Waals surface area (Å²) in [4.78, 5) is 38.8. The van der Waals surface area contributed by atoms with Crippen molar-refractivity contribution in [2.45, 2.75) is 32.2 Å². The number of carbonyl (C=O) groups excluding carboxylic acids is 1. The molecule has 1 aliphatic carbocycles. The molecule has 7 nitrogen and oxygen atoms in total. The van der Waals surface area contributed by atoms with Crippen LogP contribution in [0.5, 0.6) is 0 Å². The number of nitrogens with zero attached hydrogens (tertiary/aromatic N) is 5. The lowest BCUT2D eigenvalue weighted by atomic mass is 9.96. The van der Waals surface area contributed by atoms with Gasteiger partial charge in [0.25, 0.3) is 5.56 Å². The van der Waals surface area contributed by atoms with Gasteiger partial charge in [-0.3, -0.25) is 14.2 Å². The first kappa shape index (κ1) is 14.3. The van der Waals surface area contributed by atoms with Crippen LogP contribution < -0.4 is 5.56 Å². The fraction of sp³-hybridized carbons (Fsp3) is 0.562. The van der Waals surface area contributed by atoms with Crippen molar-refractivity contribution in [1.82, 2.24) is 24.4 Å². The summed E-state index contributed by atoms with van der Waals surface area (Å²) in [5.74, 6) is 1.01. The van der Waals surface area contributed by atoms with Gasteiger partial charge in [0.2, 0.25) is 5.91 Å². The zero-order valence-electron chi connectivity index (χ0n) is 12.9. The van der Waals surface area contributed by atoms with Crippen molar-refractivity contribution in [2.75, 3.05) is 13.1 Å². The molecule has 120 valence electrons. The molecule has 0 spiro atoms. The molecule has 1 saturated heterocycles. The van der Waals surface area contributed by atoms with Crippen LogP contribution in [-0.2, 0) is 11.3 Å². The molecule has 4 rings (SSSR count). The van der Waals surface area contributed by atoms with Gasteiger partial charge in [0.1, 0.15) is 6.33 Å². The van der Waals surface area contributed by atoms with Gasteiger partial charge in [0, 0.05) is 37.9 Å². The molecule has 2 aliphatic rings. The predicted octanol–water partition coefficient (Wildman–Crippen LogP) is 0.835. The third kappa shape index (κ3) is 2.83. The van der Waals surface area contributed by atoms with Crippen LogP contribution in [0.3, 0.4) is 0 Å². The summed E-state index contributed by atoms with van der Waals surface area (Å²) < 4.78 is 1.63. The highest BCUT2D eigenvalue weighted by Gasteiger charge is 2.34. The van der Waals surface area contributed by atoms with E-state index in [1.807, 2.05) is 4.90 Å². The van der Waals surface area contributed by atoms with Gasteiger partial charge in [-0.1, -0.05) is 0 Å². The zero-order valence-corrected chi connectivity index (χ0v) is 12.9. The molecule has 23 heavy (non-hydrogen) atoms. The van der Waals surface area contributed by atoms with E-state index in [-0.39, 0.29) is 11.5 Å². The number of rotatable bonds is 3. The highest BCUT2D eigenvalue weighted by atomic mass is 16.2. The summed E-state index contributed by atoms with van der Waals surface area (Å²) in [7, 11) is 0. The maximum atomic E-state index is 12.4. The van der Waals surface area contributed by atoms with E-state index in [4.69, 9.17) is 0 Å². The minimum absolute atomic E-state index is 0.139. The standard InChI is InChI=1S/C16H19N5O2/c22-15(12-1-2-12)20-7-3-11(4-8-20)9-21-10-19-14-13(16(21)23)17-5-6-18-14/h5-6,10-12H,1-4,7-9H2. The minimum atomic E-state index is -0.139. The first-order chi connectivity index (χ1) is 11.2. The largest absolute Gasteiger partial charge is 0.342 e. The molecular formula is C16H19N5O2. The lowest BCUT2D eigenvalue weighted by molar-refractivity contribution is -0.134. The Labute approximate surface area is 133 Å². The lowest BCUT2D eigenvalue weighted by Gasteiger charge is -2.32. The van der Waals surface area contributed by atoms with Gasteiger partial charge in [-0.25, -0.2) is 15.0 Å². The molecule has 2 fully saturated rings. The Morgan fingerprint density at radius 2 is 1.83 bits per heavy atom. The van der Waals surface area contributed by atoms with Crippen molar-refractivity contribution in [1.29, 1.82) is 0 Å². The molecule has 2 aromatic heterocycles. The number of amides is 1. The highest BCUT2D eigenvalue weighted by molar-refractivity contribution is 5.81. The summed E-state index contributed by atoms with van der Waals surface area (Å²) in [6.07, 6.45) is 8.58. The zero-order chi connectivity index (χ0) is 15.8. The highest BCUT2D eigenvalue weighted by Crippen LogP contribution is 2.32. The van der Waals surface area contributed by atoms with Crippen molar-refractivity contribution in [2.24, 2.45) is 11.8 Å². The van der Waals surface area contributed by atoms with Crippen LogP contribution in [0.2, 0.25) is 0 Å². The monoisotopic (exact) mass is 313 g/mol. The Morgan fingerprint density at radius 3 is 2.57 bits per heavy atom. The van der Waals surface area contributed by atoms with E-state index in [0.717, 1.165) is 38.8 Å². The number of hydrogen-bond donors (Lipinski definition) is 0. The third-order valence-electron chi connectivity index (χ3n) is 4.77. The predicted molar refractivity (Wildman–Crippen MR) is 83.6 cm³/mol. The number of hydrogen-bond acceptors (Lipinski definition) is 5. The Hall–Kier alpha value is -2.31. The average Bonchev–Trinajstić information content (AvgIpc) is 3.43. The molecule has 0 unspecified atom stereocenters. The molecular weight excluding hydrogens is 294 g/mol. The Balaban J connectivity index is 1.44. The third-order valence-corrected chi connectivity index (χ3v) is 4.77. The molecule has 1 aliphatic heterocycles. The Bertz CT molecular complexity index is 790. The van der Waals surface area contributed by atoms with Crippen LogP contribution in [0.25, 0.3) is 11.2 Å². The lowest BCUT2D eigenvalue weighted by Crippen LogP contribution is -2.40. The second kappa shape index (κ2) is 5.72. The van der Waals surface area contributed by atoms with Gasteiger partial charge in [-0.2, -0.15) is 0 Å². The summed E-state index contributed by atoms with van der Waals surface area (Å²) in [5, 5.41) is 0. The van der Waals surface area contributed by atoms with Gasteiger partial charge in [0.15, 0.2) is 11.2 Å². The second-order valence-electron chi connectivity index (χ2n) is 6.47. The average molecular weight is 313 g/mol. The van der Waals surface area contributed by atoms with E-state index < -0.39 is 0 Å². The molecule has 0 bridgehead atoms. The second-order valence-corrected chi connectivity index (χ2v) is 6.47. The van der Waals surface area contributed by atoms with Gasteiger partial charge in [-0.05, 0) is 31.6 Å². The van der Waals surface area contributed by atoms with Crippen molar-refractivity contribution in [3.63, 3.8) is 0 Å². The summed E-state index contributed by atoms with van der Waals surface area (Å²) >= 11 is 0. The van der Waals surface area contributed by atoms with Gasteiger partial charge < -0.3 is 4.90 Å². The number of likely N-dealkylation sites (tertiary alicyclic amines) is 1. The van der Waals surface area contributed by atoms with E-state index in [1.165, 1.54) is 12.4 Å². The molecule has 2 aromatic rings. The number of aromatic nitrogens is 4. The smallest absolute Gasteiger partial charge is 0.281 e. The van der Waals surface area contributed by atoms with Crippen LogP contribution in [0.4, 0.5) is 0 Å². The SMILES string of the molecule is O=C(C1CC1)N1CCC(Cn2cnc3nccnc3c2=O)CC1. The molecule has 1 amide bonds. The van der Waals surface area contributed by atoms with Crippen molar-refractivity contribution < 1.29 is 4.79 Å². The fourth-order valence-corrected chi connectivity index (χ4v) is 3.22. The normalized spacial score (nSPS) is 19.2. The van der Waals surface area contributed by atoms with Crippen LogP contribution in [0.15, 0.2) is 23.5 Å². The Kier molecular flexibility index (Phi) is 3.55. The summed E-state index contributed by atoms with van der Waals surface area (Å²) in [5.41, 5.74) is 0.564. The number of piperidine rings is 1. The van der Waals surface area contributed by atoms with E-state index >= 15 is 0 Å². The minimum Gasteiger partial charge on any atom is -0.342 e. The first-order valence-electron chi connectivity index (χ1n) is 8.17. The molecule has 0 aromatic carbocycles. The number of fused-ring (bicyclic) bond motifs is 1. The summed E-state index contributed by atoms with van der Waals surface area (Å²) in [6, 6.07) is 0. The number of carbonyl (C=O) groups is 1. The van der Waals surface area contributed by atoms with Crippen molar-refractivity contribution >= 4 is 17.1 Å². The van der Waals surface area contributed by atoms with E-state index in [2.05, 4.69) is 15.0 Å². The van der Waals surface area contributed by atoms with Crippen LogP contribution in [0.1, 0.15) is 25.7 Å². The maximum absolute atomic E-state index is 12.4. The van der Waals surface area contributed by atoms with E-state index in [1.54, 1.807) is 10.9 Å². The Morgan fingerprint density at radius 1 is 1.09 bits per heavy atom. The van der Waals surface area contributed by atoms with E-state index in [0.29, 0.717) is 29.5 Å². The molecule has 0 N–H and O–H groups in total. The van der Waals surface area contributed by atoms with Crippen molar-refractivity contribution in [3.8, 4) is 0 Å². The molecule has 1 saturated carbocycles.